The Morgan fingerprint density at radius 3 is 2.73 bits per heavy atom. The molecule has 1 amide bonds. The number of furan rings is 1. The maximum Gasteiger partial charge on any atom is 0.268 e. The minimum absolute atomic E-state index is 0.329. The van der Waals surface area contributed by atoms with Gasteiger partial charge in [-0.25, -0.2) is 5.84 Å². The average molecular weight is 211 g/mol. The van der Waals surface area contributed by atoms with Crippen molar-refractivity contribution in [1.29, 1.82) is 0 Å². The molecule has 0 bridgehead atoms. The van der Waals surface area contributed by atoms with Gasteiger partial charge in [0.2, 0.25) is 0 Å². The molecule has 0 saturated carbocycles. The summed E-state index contributed by atoms with van der Waals surface area (Å²) in [5, 5.41) is 0. The first kappa shape index (κ1) is 11.7. The van der Waals surface area contributed by atoms with Crippen LogP contribution in [-0.2, 0) is 6.54 Å². The number of nitrogens with one attached hydrogen (secondary N) is 1. The van der Waals surface area contributed by atoms with Crippen LogP contribution in [-0.4, -0.2) is 23.9 Å². The predicted molar refractivity (Wildman–Crippen MR) is 57.0 cm³/mol. The van der Waals surface area contributed by atoms with Crippen molar-refractivity contribution >= 4 is 5.91 Å². The van der Waals surface area contributed by atoms with Crippen molar-refractivity contribution in [2.24, 2.45) is 5.84 Å². The van der Waals surface area contributed by atoms with Crippen LogP contribution in [0.3, 0.4) is 0 Å². The molecule has 0 spiro atoms. The summed E-state index contributed by atoms with van der Waals surface area (Å²) >= 11 is 0. The third-order valence-electron chi connectivity index (χ3n) is 2.32. The minimum Gasteiger partial charge on any atom is -0.467 e. The maximum absolute atomic E-state index is 11.1. The highest BCUT2D eigenvalue weighted by Crippen LogP contribution is 2.10. The van der Waals surface area contributed by atoms with E-state index in [0.717, 1.165) is 18.8 Å². The van der Waals surface area contributed by atoms with Gasteiger partial charge in [0.1, 0.15) is 12.0 Å². The first-order valence-electron chi connectivity index (χ1n) is 5.02. The lowest BCUT2D eigenvalue weighted by Gasteiger charge is -2.15. The van der Waals surface area contributed by atoms with Gasteiger partial charge in [0, 0.05) is 0 Å². The fourth-order valence-electron chi connectivity index (χ4n) is 1.33. The first-order valence-corrected chi connectivity index (χ1v) is 5.02. The molecule has 0 radical (unpaired) electrons. The van der Waals surface area contributed by atoms with E-state index in [0.29, 0.717) is 12.1 Å². The smallest absolute Gasteiger partial charge is 0.268 e. The van der Waals surface area contributed by atoms with Gasteiger partial charge in [0.25, 0.3) is 5.91 Å². The second kappa shape index (κ2) is 5.53. The van der Waals surface area contributed by atoms with Crippen molar-refractivity contribution in [3.05, 3.63) is 23.7 Å². The normalized spacial score (nSPS) is 10.7. The molecule has 0 aliphatic rings. The van der Waals surface area contributed by atoms with Crippen LogP contribution in [0.1, 0.15) is 30.0 Å². The van der Waals surface area contributed by atoms with Crippen molar-refractivity contribution in [2.75, 3.05) is 13.1 Å². The van der Waals surface area contributed by atoms with Gasteiger partial charge in [0.15, 0.2) is 0 Å². The monoisotopic (exact) mass is 211 g/mol. The fraction of sp³-hybridized carbons (Fsp3) is 0.500. The quantitative estimate of drug-likeness (QED) is 0.428. The summed E-state index contributed by atoms with van der Waals surface area (Å²) in [6.45, 7) is 6.79. The topological polar surface area (TPSA) is 71.5 Å². The van der Waals surface area contributed by atoms with Gasteiger partial charge in [-0.1, -0.05) is 13.8 Å². The summed E-state index contributed by atoms with van der Waals surface area (Å²) in [5.41, 5.74) is 2.52. The molecule has 0 fully saturated rings. The zero-order valence-electron chi connectivity index (χ0n) is 9.12. The molecule has 15 heavy (non-hydrogen) atoms. The Morgan fingerprint density at radius 1 is 1.53 bits per heavy atom. The molecule has 84 valence electrons. The number of hydrogen-bond acceptors (Lipinski definition) is 4. The molecular formula is C10H17N3O2. The Bertz CT molecular complexity index is 318. The molecule has 1 heterocycles. The van der Waals surface area contributed by atoms with E-state index < -0.39 is 0 Å². The Balaban J connectivity index is 2.63. The number of hydrazine groups is 1. The van der Waals surface area contributed by atoms with Gasteiger partial charge in [-0.05, 0) is 19.2 Å². The van der Waals surface area contributed by atoms with Gasteiger partial charge >= 0.3 is 0 Å². The molecule has 5 nitrogen and oxygen atoms in total. The zero-order valence-corrected chi connectivity index (χ0v) is 9.12. The maximum atomic E-state index is 11.1. The molecule has 0 aliphatic heterocycles. The zero-order chi connectivity index (χ0) is 11.3. The van der Waals surface area contributed by atoms with E-state index in [1.165, 1.54) is 6.26 Å². The molecule has 1 aromatic heterocycles. The van der Waals surface area contributed by atoms with Gasteiger partial charge in [-0.3, -0.25) is 15.1 Å². The summed E-state index contributed by atoms with van der Waals surface area (Å²) in [6.07, 6.45) is 1.42. The molecular weight excluding hydrogens is 194 g/mol. The van der Waals surface area contributed by atoms with Crippen molar-refractivity contribution in [1.82, 2.24) is 10.3 Å². The number of amides is 1. The highest BCUT2D eigenvalue weighted by molar-refractivity contribution is 5.93. The summed E-state index contributed by atoms with van der Waals surface area (Å²) in [6, 6.07) is 1.71. The van der Waals surface area contributed by atoms with Crippen LogP contribution in [0.15, 0.2) is 16.7 Å². The Labute approximate surface area is 89.2 Å². The van der Waals surface area contributed by atoms with Crippen LogP contribution in [0.4, 0.5) is 0 Å². The lowest BCUT2D eigenvalue weighted by atomic mass is 10.3. The Kier molecular flexibility index (Phi) is 4.33. The van der Waals surface area contributed by atoms with Crippen LogP contribution in [0.2, 0.25) is 0 Å². The molecule has 0 unspecified atom stereocenters. The summed E-state index contributed by atoms with van der Waals surface area (Å²) in [7, 11) is 0. The van der Waals surface area contributed by atoms with E-state index >= 15 is 0 Å². The largest absolute Gasteiger partial charge is 0.467 e. The number of rotatable bonds is 5. The predicted octanol–water partition coefficient (Wildman–Crippen LogP) is 0.725. The van der Waals surface area contributed by atoms with Crippen LogP contribution >= 0.6 is 0 Å². The van der Waals surface area contributed by atoms with Crippen LogP contribution in [0.5, 0.6) is 0 Å². The summed E-state index contributed by atoms with van der Waals surface area (Å²) in [4.78, 5) is 13.3. The van der Waals surface area contributed by atoms with Gasteiger partial charge in [-0.15, -0.1) is 0 Å². The summed E-state index contributed by atoms with van der Waals surface area (Å²) < 4.78 is 5.26. The standard InChI is InChI=1S/C10H17N3O2/c1-3-13(4-2)6-9-5-8(7-15-9)10(14)12-11/h5,7H,3-4,6,11H2,1-2H3,(H,12,14). The van der Waals surface area contributed by atoms with E-state index in [1.54, 1.807) is 6.07 Å². The Morgan fingerprint density at radius 2 is 2.20 bits per heavy atom. The Hall–Kier alpha value is -1.33. The first-order chi connectivity index (χ1) is 7.21. The van der Waals surface area contributed by atoms with Gasteiger partial charge in [0.05, 0.1) is 12.1 Å². The van der Waals surface area contributed by atoms with Gasteiger partial charge < -0.3 is 4.42 Å². The molecule has 1 aromatic rings. The minimum atomic E-state index is -0.329. The molecule has 3 N–H and O–H groups in total. The number of nitrogen functional groups attached to an aromatic ring is 1. The van der Waals surface area contributed by atoms with E-state index in [9.17, 15) is 4.79 Å². The number of carbonyl (C=O) groups is 1. The SMILES string of the molecule is CCN(CC)Cc1cc(C(=O)NN)co1. The molecule has 5 heteroatoms. The third-order valence-corrected chi connectivity index (χ3v) is 2.32. The highest BCUT2D eigenvalue weighted by Gasteiger charge is 2.10. The van der Waals surface area contributed by atoms with E-state index in [4.69, 9.17) is 10.3 Å². The van der Waals surface area contributed by atoms with Crippen molar-refractivity contribution < 1.29 is 9.21 Å². The van der Waals surface area contributed by atoms with Crippen molar-refractivity contribution in [3.8, 4) is 0 Å². The van der Waals surface area contributed by atoms with Crippen LogP contribution < -0.4 is 11.3 Å². The molecule has 0 atom stereocenters. The van der Waals surface area contributed by atoms with Gasteiger partial charge in [-0.2, -0.15) is 0 Å². The van der Waals surface area contributed by atoms with Crippen molar-refractivity contribution in [3.63, 3.8) is 0 Å². The average Bonchev–Trinajstić information content (AvgIpc) is 2.73. The lowest BCUT2D eigenvalue weighted by molar-refractivity contribution is 0.0953. The van der Waals surface area contributed by atoms with E-state index in [-0.39, 0.29) is 5.91 Å². The van der Waals surface area contributed by atoms with Crippen LogP contribution in [0.25, 0.3) is 0 Å². The molecule has 0 aromatic carbocycles. The molecule has 0 saturated heterocycles. The second-order valence-corrected chi connectivity index (χ2v) is 3.24. The number of nitrogens with two attached hydrogens (primary N) is 1. The second-order valence-electron chi connectivity index (χ2n) is 3.24. The fourth-order valence-corrected chi connectivity index (χ4v) is 1.33. The number of carbonyl (C=O) groups excluding carboxylic acids is 1. The summed E-state index contributed by atoms with van der Waals surface area (Å²) in [5.74, 6) is 5.46. The highest BCUT2D eigenvalue weighted by atomic mass is 16.3. The number of hydrogen-bond donors (Lipinski definition) is 2. The number of nitrogens with zero attached hydrogens (tertiary/aromatic N) is 1. The lowest BCUT2D eigenvalue weighted by Crippen LogP contribution is -2.29. The van der Waals surface area contributed by atoms with Crippen LogP contribution in [0, 0.1) is 0 Å². The molecule has 0 aliphatic carbocycles. The third kappa shape index (κ3) is 3.07. The van der Waals surface area contributed by atoms with E-state index in [1.807, 2.05) is 0 Å². The van der Waals surface area contributed by atoms with Crippen molar-refractivity contribution in [2.45, 2.75) is 20.4 Å². The molecule has 1 rings (SSSR count). The van der Waals surface area contributed by atoms with E-state index in [2.05, 4.69) is 24.2 Å².